The van der Waals surface area contributed by atoms with Crippen molar-refractivity contribution in [2.24, 2.45) is 0 Å². The highest BCUT2D eigenvalue weighted by atomic mass is 16.2. The van der Waals surface area contributed by atoms with Gasteiger partial charge in [-0.3, -0.25) is 4.79 Å². The van der Waals surface area contributed by atoms with E-state index in [0.717, 1.165) is 11.1 Å². The Morgan fingerprint density at radius 3 is 2.67 bits per heavy atom. The topological polar surface area (TPSA) is 20.3 Å². The van der Waals surface area contributed by atoms with Gasteiger partial charge in [0, 0.05) is 19.7 Å². The van der Waals surface area contributed by atoms with Crippen molar-refractivity contribution in [3.63, 3.8) is 0 Å². The fraction of sp³-hybridized carbons (Fsp3) is 0.300. The lowest BCUT2D eigenvalue weighted by atomic mass is 10.1. The Kier molecular flexibility index (Phi) is 2.48. The van der Waals surface area contributed by atoms with Gasteiger partial charge in [-0.2, -0.15) is 0 Å². The number of carbonyl (C=O) groups excluding carboxylic acids is 1. The van der Waals surface area contributed by atoms with E-state index in [-0.39, 0.29) is 5.91 Å². The minimum Gasteiger partial charge on any atom is -0.345 e. The maximum Gasteiger partial charge on any atom is 0.253 e. The molecule has 2 heteroatoms. The van der Waals surface area contributed by atoms with Gasteiger partial charge in [0.15, 0.2) is 0 Å². The minimum absolute atomic E-state index is 0.0318. The quantitative estimate of drug-likeness (QED) is 0.612. The molecule has 0 aliphatic heterocycles. The first-order valence-corrected chi connectivity index (χ1v) is 3.82. The number of aryl methyl sites for hydroxylation is 1. The minimum atomic E-state index is 0.0318. The lowest BCUT2D eigenvalue weighted by Crippen LogP contribution is -2.22. The van der Waals surface area contributed by atoms with Gasteiger partial charge in [-0.05, 0) is 24.6 Å². The van der Waals surface area contributed by atoms with Crippen LogP contribution < -0.4 is 0 Å². The van der Waals surface area contributed by atoms with Crippen LogP contribution in [0.4, 0.5) is 0 Å². The van der Waals surface area contributed by atoms with E-state index in [1.807, 2.05) is 25.1 Å². The third-order valence-corrected chi connectivity index (χ3v) is 1.70. The first-order chi connectivity index (χ1) is 5.63. The lowest BCUT2D eigenvalue weighted by Gasteiger charge is -2.11. The number of hydrogen-bond acceptors (Lipinski definition) is 1. The van der Waals surface area contributed by atoms with Gasteiger partial charge in [-0.15, -0.1) is 0 Å². The fourth-order valence-corrected chi connectivity index (χ4v) is 0.993. The second-order valence-electron chi connectivity index (χ2n) is 2.91. The smallest absolute Gasteiger partial charge is 0.253 e. The molecule has 1 radical (unpaired) electrons. The summed E-state index contributed by atoms with van der Waals surface area (Å²) in [4.78, 5) is 13.0. The monoisotopic (exact) mass is 162 g/mol. The predicted molar refractivity (Wildman–Crippen MR) is 48.0 cm³/mol. The second-order valence-corrected chi connectivity index (χ2v) is 2.91. The van der Waals surface area contributed by atoms with Gasteiger partial charge in [0.1, 0.15) is 0 Å². The summed E-state index contributed by atoms with van der Waals surface area (Å²) < 4.78 is 0. The molecule has 0 saturated heterocycles. The molecule has 12 heavy (non-hydrogen) atoms. The number of hydrogen-bond donors (Lipinski definition) is 0. The van der Waals surface area contributed by atoms with E-state index in [1.165, 1.54) is 0 Å². The zero-order chi connectivity index (χ0) is 9.14. The van der Waals surface area contributed by atoms with Gasteiger partial charge in [-0.1, -0.05) is 12.1 Å². The summed E-state index contributed by atoms with van der Waals surface area (Å²) in [7, 11) is 3.49. The Labute approximate surface area is 72.8 Å². The highest BCUT2D eigenvalue weighted by Crippen LogP contribution is 2.07. The average molecular weight is 162 g/mol. The molecule has 0 aliphatic carbocycles. The van der Waals surface area contributed by atoms with Gasteiger partial charge in [0.05, 0.1) is 0 Å². The van der Waals surface area contributed by atoms with Crippen LogP contribution in [-0.2, 0) is 0 Å². The Morgan fingerprint density at radius 1 is 1.50 bits per heavy atom. The zero-order valence-corrected chi connectivity index (χ0v) is 7.59. The Balaban J connectivity index is 3.03. The first-order valence-electron chi connectivity index (χ1n) is 3.82. The van der Waals surface area contributed by atoms with Crippen LogP contribution in [0, 0.1) is 13.0 Å². The van der Waals surface area contributed by atoms with E-state index in [9.17, 15) is 4.79 Å². The molecule has 0 fully saturated rings. The summed E-state index contributed by atoms with van der Waals surface area (Å²) in [6, 6.07) is 8.43. The second kappa shape index (κ2) is 3.39. The Bertz CT molecular complexity index is 292. The van der Waals surface area contributed by atoms with Crippen LogP contribution in [0.5, 0.6) is 0 Å². The molecule has 63 valence electrons. The Hall–Kier alpha value is -1.31. The van der Waals surface area contributed by atoms with Crippen LogP contribution in [-0.4, -0.2) is 24.9 Å². The molecule has 1 rings (SSSR count). The van der Waals surface area contributed by atoms with E-state index >= 15 is 0 Å². The maximum atomic E-state index is 11.5. The maximum absolute atomic E-state index is 11.5. The summed E-state index contributed by atoms with van der Waals surface area (Å²) in [5.41, 5.74) is 1.62. The number of rotatable bonds is 1. The molecule has 1 amide bonds. The van der Waals surface area contributed by atoms with Gasteiger partial charge in [0.2, 0.25) is 0 Å². The molecule has 0 atom stereocenters. The highest BCUT2D eigenvalue weighted by molar-refractivity contribution is 5.95. The lowest BCUT2D eigenvalue weighted by molar-refractivity contribution is 0.0827. The van der Waals surface area contributed by atoms with Crippen LogP contribution in [0.3, 0.4) is 0 Å². The summed E-state index contributed by atoms with van der Waals surface area (Å²) in [6.07, 6.45) is 0. The molecule has 2 nitrogen and oxygen atoms in total. The molecular weight excluding hydrogens is 150 g/mol. The van der Waals surface area contributed by atoms with Crippen LogP contribution in [0.2, 0.25) is 0 Å². The molecule has 0 aliphatic rings. The molecule has 0 N–H and O–H groups in total. The molecule has 0 spiro atoms. The van der Waals surface area contributed by atoms with Gasteiger partial charge >= 0.3 is 0 Å². The molecular formula is C10H12NO. The largest absolute Gasteiger partial charge is 0.345 e. The molecule has 0 heterocycles. The third kappa shape index (κ3) is 1.64. The molecule has 0 saturated carbocycles. The summed E-state index contributed by atoms with van der Waals surface area (Å²) in [5, 5.41) is 0. The highest BCUT2D eigenvalue weighted by Gasteiger charge is 2.08. The predicted octanol–water partition coefficient (Wildman–Crippen LogP) is 1.50. The number of carbonyl (C=O) groups is 1. The molecule has 0 bridgehead atoms. The molecule has 1 aromatic rings. The summed E-state index contributed by atoms with van der Waals surface area (Å²) in [5.74, 6) is 0.0318. The first kappa shape index (κ1) is 8.78. The summed E-state index contributed by atoms with van der Waals surface area (Å²) >= 11 is 0. The van der Waals surface area contributed by atoms with Crippen molar-refractivity contribution >= 4 is 5.91 Å². The normalized spacial score (nSPS) is 9.58. The van der Waals surface area contributed by atoms with Crippen LogP contribution in [0.15, 0.2) is 18.2 Å². The molecule has 1 aromatic carbocycles. The van der Waals surface area contributed by atoms with Crippen molar-refractivity contribution in [2.75, 3.05) is 14.1 Å². The van der Waals surface area contributed by atoms with Crippen molar-refractivity contribution in [3.05, 3.63) is 35.4 Å². The van der Waals surface area contributed by atoms with E-state index < -0.39 is 0 Å². The van der Waals surface area contributed by atoms with Crippen LogP contribution >= 0.6 is 0 Å². The van der Waals surface area contributed by atoms with E-state index in [2.05, 4.69) is 6.07 Å². The van der Waals surface area contributed by atoms with E-state index in [1.54, 1.807) is 19.0 Å². The van der Waals surface area contributed by atoms with Gasteiger partial charge in [-0.25, -0.2) is 0 Å². The van der Waals surface area contributed by atoms with Gasteiger partial charge < -0.3 is 4.90 Å². The van der Waals surface area contributed by atoms with E-state index in [4.69, 9.17) is 0 Å². The van der Waals surface area contributed by atoms with Crippen molar-refractivity contribution in [1.29, 1.82) is 0 Å². The zero-order valence-electron chi connectivity index (χ0n) is 7.59. The third-order valence-electron chi connectivity index (χ3n) is 1.70. The van der Waals surface area contributed by atoms with Crippen molar-refractivity contribution in [1.82, 2.24) is 4.90 Å². The SMILES string of the molecule is Cc1[c]cccc1C(=O)N(C)C. The molecule has 0 aromatic heterocycles. The Morgan fingerprint density at radius 2 is 2.17 bits per heavy atom. The van der Waals surface area contributed by atoms with Gasteiger partial charge in [0.25, 0.3) is 5.91 Å². The number of nitrogens with zero attached hydrogens (tertiary/aromatic N) is 1. The molecule has 0 unspecified atom stereocenters. The number of amides is 1. The summed E-state index contributed by atoms with van der Waals surface area (Å²) in [6.45, 7) is 1.89. The van der Waals surface area contributed by atoms with Crippen molar-refractivity contribution in [3.8, 4) is 0 Å². The number of benzene rings is 1. The standard InChI is InChI=1S/C10H12NO/c1-8-6-4-5-7-9(8)10(12)11(2)3/h4-5,7H,1-3H3. The van der Waals surface area contributed by atoms with Crippen molar-refractivity contribution < 1.29 is 4.79 Å². The van der Waals surface area contributed by atoms with Crippen molar-refractivity contribution in [2.45, 2.75) is 6.92 Å². The fourth-order valence-electron chi connectivity index (χ4n) is 0.993. The average Bonchev–Trinajstić information content (AvgIpc) is 2.04. The van der Waals surface area contributed by atoms with Crippen LogP contribution in [0.25, 0.3) is 0 Å². The van der Waals surface area contributed by atoms with Crippen LogP contribution in [0.1, 0.15) is 15.9 Å². The van der Waals surface area contributed by atoms with E-state index in [0.29, 0.717) is 0 Å².